The average molecular weight is 436 g/mol. The van der Waals surface area contributed by atoms with Gasteiger partial charge in [0.05, 0.1) is 21.7 Å². The summed E-state index contributed by atoms with van der Waals surface area (Å²) in [5.74, 6) is -0.743. The molecular weight excluding hydrogens is 410 g/mol. The number of carbonyl (C=O) groups is 1. The Bertz CT molecular complexity index is 1090. The summed E-state index contributed by atoms with van der Waals surface area (Å²) < 4.78 is 49.2. The van der Waals surface area contributed by atoms with Crippen molar-refractivity contribution in [2.45, 2.75) is 43.0 Å². The van der Waals surface area contributed by atoms with Gasteiger partial charge in [-0.2, -0.15) is 0 Å². The maximum absolute atomic E-state index is 13.1. The predicted octanol–water partition coefficient (Wildman–Crippen LogP) is 2.70. The van der Waals surface area contributed by atoms with Crippen molar-refractivity contribution < 1.29 is 21.6 Å². The summed E-state index contributed by atoms with van der Waals surface area (Å²) in [7, 11) is -7.15. The van der Waals surface area contributed by atoms with Gasteiger partial charge in [0.2, 0.25) is 0 Å². The monoisotopic (exact) mass is 435 g/mol. The highest BCUT2D eigenvalue weighted by Gasteiger charge is 2.38. The van der Waals surface area contributed by atoms with E-state index in [1.807, 2.05) is 44.2 Å². The molecule has 156 valence electrons. The van der Waals surface area contributed by atoms with Gasteiger partial charge in [-0.1, -0.05) is 36.4 Å². The number of sulfone groups is 2. The van der Waals surface area contributed by atoms with Crippen LogP contribution in [-0.4, -0.2) is 50.4 Å². The summed E-state index contributed by atoms with van der Waals surface area (Å²) in [6.07, 6.45) is 0.0922. The predicted molar refractivity (Wildman–Crippen MR) is 112 cm³/mol. The number of amides is 1. The molecule has 2 aromatic rings. The Morgan fingerprint density at radius 3 is 2.38 bits per heavy atom. The molecule has 8 heteroatoms. The van der Waals surface area contributed by atoms with Gasteiger partial charge in [0.25, 0.3) is 5.91 Å². The Hall–Kier alpha value is -2.19. The molecule has 0 N–H and O–H groups in total. The van der Waals surface area contributed by atoms with Crippen molar-refractivity contribution in [2.24, 2.45) is 0 Å². The highest BCUT2D eigenvalue weighted by molar-refractivity contribution is 7.96. The maximum atomic E-state index is 13.1. The van der Waals surface area contributed by atoms with Crippen molar-refractivity contribution in [2.75, 3.05) is 11.5 Å². The molecule has 0 bridgehead atoms. The molecule has 1 aliphatic heterocycles. The van der Waals surface area contributed by atoms with E-state index in [9.17, 15) is 21.6 Å². The first-order chi connectivity index (χ1) is 13.6. The van der Waals surface area contributed by atoms with E-state index >= 15 is 0 Å². The van der Waals surface area contributed by atoms with Gasteiger partial charge in [-0.05, 0) is 44.0 Å². The first kappa shape index (κ1) is 21.5. The van der Waals surface area contributed by atoms with Gasteiger partial charge in [0.1, 0.15) is 0 Å². The fraction of sp³-hybridized carbons (Fsp3) is 0.381. The molecule has 0 unspecified atom stereocenters. The molecule has 1 heterocycles. The lowest BCUT2D eigenvalue weighted by Gasteiger charge is -2.27. The molecule has 1 amide bonds. The zero-order valence-corrected chi connectivity index (χ0v) is 18.1. The number of hydrogen-bond acceptors (Lipinski definition) is 5. The van der Waals surface area contributed by atoms with E-state index in [1.54, 1.807) is 11.0 Å². The first-order valence-electron chi connectivity index (χ1n) is 9.49. The van der Waals surface area contributed by atoms with E-state index < -0.39 is 24.9 Å². The Kier molecular flexibility index (Phi) is 6.14. The van der Waals surface area contributed by atoms with Crippen LogP contribution in [0, 0.1) is 0 Å². The van der Waals surface area contributed by atoms with Crippen LogP contribution in [0.2, 0.25) is 0 Å². The zero-order valence-electron chi connectivity index (χ0n) is 16.5. The van der Waals surface area contributed by atoms with Gasteiger partial charge in [0, 0.05) is 18.2 Å². The summed E-state index contributed by atoms with van der Waals surface area (Å²) >= 11 is 0. The molecule has 1 fully saturated rings. The van der Waals surface area contributed by atoms with Crippen LogP contribution in [0.3, 0.4) is 0 Å². The van der Waals surface area contributed by atoms with E-state index in [0.717, 1.165) is 5.56 Å². The van der Waals surface area contributed by atoms with E-state index in [-0.39, 0.29) is 40.3 Å². The van der Waals surface area contributed by atoms with Gasteiger partial charge < -0.3 is 4.90 Å². The Balaban J connectivity index is 1.88. The van der Waals surface area contributed by atoms with Crippen molar-refractivity contribution in [1.82, 2.24) is 4.90 Å². The second kappa shape index (κ2) is 8.28. The first-order valence-corrected chi connectivity index (χ1v) is 12.9. The molecule has 6 nitrogen and oxygen atoms in total. The fourth-order valence-corrected chi connectivity index (χ4v) is 7.84. The van der Waals surface area contributed by atoms with Crippen molar-refractivity contribution in [3.05, 3.63) is 65.7 Å². The van der Waals surface area contributed by atoms with Crippen LogP contribution in [0.15, 0.2) is 59.5 Å². The summed E-state index contributed by atoms with van der Waals surface area (Å²) in [6.45, 7) is 4.23. The Morgan fingerprint density at radius 2 is 1.79 bits per heavy atom. The van der Waals surface area contributed by atoms with Crippen molar-refractivity contribution in [3.63, 3.8) is 0 Å². The minimum atomic E-state index is -3.82. The maximum Gasteiger partial charge on any atom is 0.254 e. The quantitative estimate of drug-likeness (QED) is 0.696. The molecule has 0 radical (unpaired) electrons. The largest absolute Gasteiger partial charge is 0.332 e. The molecule has 0 saturated carbocycles. The third kappa shape index (κ3) is 4.87. The molecule has 3 rings (SSSR count). The number of benzene rings is 2. The van der Waals surface area contributed by atoms with Crippen molar-refractivity contribution >= 4 is 25.6 Å². The van der Waals surface area contributed by atoms with Crippen LogP contribution in [0.5, 0.6) is 0 Å². The standard InChI is InChI=1S/C21H25NO5S2/c1-16(2)22(14-17-7-4-3-5-8-17)21(23)18-9-6-10-19(13-18)29(26,27)20-11-12-28(24,25)15-20/h3-10,13,16,20H,11-12,14-15H2,1-2H3/t20-/m0/s1. The molecule has 0 spiro atoms. The van der Waals surface area contributed by atoms with E-state index in [4.69, 9.17) is 0 Å². The molecule has 2 aromatic carbocycles. The second-order valence-electron chi connectivity index (χ2n) is 7.61. The smallest absolute Gasteiger partial charge is 0.254 e. The lowest BCUT2D eigenvalue weighted by atomic mass is 10.1. The summed E-state index contributed by atoms with van der Waals surface area (Å²) in [5.41, 5.74) is 1.26. The highest BCUT2D eigenvalue weighted by Crippen LogP contribution is 2.26. The zero-order chi connectivity index (χ0) is 21.2. The van der Waals surface area contributed by atoms with E-state index in [1.165, 1.54) is 18.2 Å². The number of hydrogen-bond donors (Lipinski definition) is 0. The second-order valence-corrected chi connectivity index (χ2v) is 12.1. The third-order valence-corrected chi connectivity index (χ3v) is 9.29. The van der Waals surface area contributed by atoms with Crippen LogP contribution in [0.1, 0.15) is 36.2 Å². The lowest BCUT2D eigenvalue weighted by molar-refractivity contribution is 0.0690. The molecule has 29 heavy (non-hydrogen) atoms. The topological polar surface area (TPSA) is 88.6 Å². The van der Waals surface area contributed by atoms with Crippen molar-refractivity contribution in [1.29, 1.82) is 0 Å². The number of carbonyl (C=O) groups excluding carboxylic acids is 1. The summed E-state index contributed by atoms with van der Waals surface area (Å²) in [6, 6.07) is 15.4. The summed E-state index contributed by atoms with van der Waals surface area (Å²) in [4.78, 5) is 14.8. The molecule has 0 aliphatic carbocycles. The van der Waals surface area contributed by atoms with Gasteiger partial charge in [-0.15, -0.1) is 0 Å². The molecule has 1 saturated heterocycles. The molecule has 0 aromatic heterocycles. The molecule has 1 atom stereocenters. The third-order valence-electron chi connectivity index (χ3n) is 5.12. The van der Waals surface area contributed by atoms with Gasteiger partial charge >= 0.3 is 0 Å². The van der Waals surface area contributed by atoms with Crippen molar-refractivity contribution in [3.8, 4) is 0 Å². The SMILES string of the molecule is CC(C)N(Cc1ccccc1)C(=O)c1cccc(S(=O)(=O)[C@H]2CCS(=O)(=O)C2)c1. The van der Waals surface area contributed by atoms with Gasteiger partial charge in [-0.3, -0.25) is 4.79 Å². The molecule has 1 aliphatic rings. The van der Waals surface area contributed by atoms with Gasteiger partial charge in [0.15, 0.2) is 19.7 Å². The number of rotatable bonds is 6. The Labute approximate surface area is 172 Å². The normalized spacial score (nSPS) is 18.7. The van der Waals surface area contributed by atoms with E-state index in [2.05, 4.69) is 0 Å². The number of nitrogens with zero attached hydrogens (tertiary/aromatic N) is 1. The van der Waals surface area contributed by atoms with Crippen LogP contribution in [0.4, 0.5) is 0 Å². The fourth-order valence-electron chi connectivity index (χ4n) is 3.44. The van der Waals surface area contributed by atoms with Gasteiger partial charge in [-0.25, -0.2) is 16.8 Å². The molecular formula is C21H25NO5S2. The average Bonchev–Trinajstić information content (AvgIpc) is 3.07. The minimum Gasteiger partial charge on any atom is -0.332 e. The minimum absolute atomic E-state index is 0.00568. The van der Waals surface area contributed by atoms with Crippen LogP contribution < -0.4 is 0 Å². The van der Waals surface area contributed by atoms with E-state index in [0.29, 0.717) is 6.54 Å². The van der Waals surface area contributed by atoms with Crippen LogP contribution in [0.25, 0.3) is 0 Å². The Morgan fingerprint density at radius 1 is 1.10 bits per heavy atom. The lowest BCUT2D eigenvalue weighted by Crippen LogP contribution is -2.36. The summed E-state index contributed by atoms with van der Waals surface area (Å²) in [5, 5.41) is -0.955. The highest BCUT2D eigenvalue weighted by atomic mass is 32.2. The van der Waals surface area contributed by atoms with Crippen LogP contribution in [-0.2, 0) is 26.2 Å². The van der Waals surface area contributed by atoms with Crippen LogP contribution >= 0.6 is 0 Å².